The Morgan fingerprint density at radius 3 is 2.15 bits per heavy atom. The number of halogens is 3. The van der Waals surface area contributed by atoms with Crippen LogP contribution in [0.15, 0.2) is 24.3 Å². The highest BCUT2D eigenvalue weighted by atomic mass is 19.4. The predicted molar refractivity (Wildman–Crippen MR) is 74.1 cm³/mol. The van der Waals surface area contributed by atoms with Crippen molar-refractivity contribution in [2.24, 2.45) is 11.8 Å². The van der Waals surface area contributed by atoms with Crippen molar-refractivity contribution in [2.75, 3.05) is 0 Å². The first-order valence-corrected chi connectivity index (χ1v) is 7.18. The molecule has 1 aliphatic rings. The summed E-state index contributed by atoms with van der Waals surface area (Å²) >= 11 is 0. The fourth-order valence-electron chi connectivity index (χ4n) is 2.64. The average molecular weight is 280 g/mol. The first-order valence-electron chi connectivity index (χ1n) is 7.18. The number of hydrogen-bond donors (Lipinski definition) is 0. The smallest absolute Gasteiger partial charge is 0.166 e. The van der Waals surface area contributed by atoms with Crippen LogP contribution in [0.4, 0.5) is 13.2 Å². The van der Waals surface area contributed by atoms with Gasteiger partial charge in [-0.05, 0) is 55.9 Å². The van der Waals surface area contributed by atoms with Crippen LogP contribution >= 0.6 is 0 Å². The van der Waals surface area contributed by atoms with E-state index in [9.17, 15) is 13.2 Å². The molecule has 0 radical (unpaired) electrons. The van der Waals surface area contributed by atoms with Gasteiger partial charge in [-0.1, -0.05) is 25.2 Å². The van der Waals surface area contributed by atoms with Crippen LogP contribution in [0.1, 0.15) is 50.2 Å². The monoisotopic (exact) mass is 280 g/mol. The second-order valence-corrected chi connectivity index (χ2v) is 5.47. The molecule has 0 spiro atoms. The van der Waals surface area contributed by atoms with E-state index >= 15 is 0 Å². The number of benzene rings is 1. The van der Waals surface area contributed by atoms with Crippen molar-refractivity contribution in [2.45, 2.75) is 45.2 Å². The van der Waals surface area contributed by atoms with Crippen LogP contribution in [0.25, 0.3) is 0 Å². The van der Waals surface area contributed by atoms with Crippen LogP contribution in [0.5, 0.6) is 0 Å². The quantitative estimate of drug-likeness (QED) is 0.614. The van der Waals surface area contributed by atoms with Crippen LogP contribution in [0, 0.1) is 23.7 Å². The number of hydrogen-bond acceptors (Lipinski definition) is 0. The summed E-state index contributed by atoms with van der Waals surface area (Å²) in [5.74, 6) is 7.45. The van der Waals surface area contributed by atoms with E-state index in [1.54, 1.807) is 0 Å². The van der Waals surface area contributed by atoms with Gasteiger partial charge in [-0.3, -0.25) is 0 Å². The molecule has 0 N–H and O–H groups in total. The molecule has 2 rings (SSSR count). The van der Waals surface area contributed by atoms with Gasteiger partial charge >= 0.3 is 6.18 Å². The number of alkyl halides is 3. The van der Waals surface area contributed by atoms with E-state index in [1.807, 2.05) is 0 Å². The third-order valence-corrected chi connectivity index (χ3v) is 4.06. The van der Waals surface area contributed by atoms with Crippen molar-refractivity contribution in [1.82, 2.24) is 0 Å². The molecule has 1 aliphatic carbocycles. The van der Waals surface area contributed by atoms with E-state index in [2.05, 4.69) is 18.8 Å². The van der Waals surface area contributed by atoms with Gasteiger partial charge in [0.2, 0.25) is 0 Å². The van der Waals surface area contributed by atoms with Gasteiger partial charge in [0, 0.05) is 11.5 Å². The molecule has 1 saturated carbocycles. The summed E-state index contributed by atoms with van der Waals surface area (Å²) in [4.78, 5) is 0. The summed E-state index contributed by atoms with van der Waals surface area (Å²) in [7, 11) is 0. The van der Waals surface area contributed by atoms with E-state index < -0.39 is 11.7 Å². The van der Waals surface area contributed by atoms with Gasteiger partial charge < -0.3 is 0 Å². The van der Waals surface area contributed by atoms with Gasteiger partial charge in [-0.15, -0.1) is 0 Å². The second kappa shape index (κ2) is 6.35. The fourth-order valence-corrected chi connectivity index (χ4v) is 2.64. The molecule has 0 atom stereocenters. The van der Waals surface area contributed by atoms with E-state index in [1.165, 1.54) is 31.4 Å². The van der Waals surface area contributed by atoms with Gasteiger partial charge in [0.15, 0.2) is 0 Å². The fraction of sp³-hybridized carbons (Fsp3) is 0.529. The maximum atomic E-state index is 12.4. The second-order valence-electron chi connectivity index (χ2n) is 5.47. The SMILES string of the molecule is CCC1CCC(C#Cc2ccc(C(F)(F)F)cc2)CC1. The Morgan fingerprint density at radius 1 is 1.05 bits per heavy atom. The van der Waals surface area contributed by atoms with Crippen LogP contribution in [-0.2, 0) is 6.18 Å². The highest BCUT2D eigenvalue weighted by molar-refractivity contribution is 5.37. The molecule has 1 aromatic carbocycles. The molecule has 0 nitrogen and oxygen atoms in total. The average Bonchev–Trinajstić information content (AvgIpc) is 2.45. The molecular weight excluding hydrogens is 261 g/mol. The first kappa shape index (κ1) is 15.0. The standard InChI is InChI=1S/C17H19F3/c1-2-13-3-5-14(6-4-13)7-8-15-9-11-16(12-10-15)17(18,19)20/h9-14H,2-6H2,1H3. The Bertz CT molecular complexity index is 480. The van der Waals surface area contributed by atoms with Crippen LogP contribution in [0.2, 0.25) is 0 Å². The minimum atomic E-state index is -4.27. The zero-order valence-corrected chi connectivity index (χ0v) is 11.6. The summed E-state index contributed by atoms with van der Waals surface area (Å²) in [6.45, 7) is 2.22. The lowest BCUT2D eigenvalue weighted by atomic mass is 9.81. The largest absolute Gasteiger partial charge is 0.416 e. The molecule has 20 heavy (non-hydrogen) atoms. The zero-order chi connectivity index (χ0) is 14.6. The lowest BCUT2D eigenvalue weighted by molar-refractivity contribution is -0.137. The van der Waals surface area contributed by atoms with Crippen LogP contribution in [-0.4, -0.2) is 0 Å². The molecule has 3 heteroatoms. The van der Waals surface area contributed by atoms with E-state index in [0.717, 1.165) is 30.9 Å². The summed E-state index contributed by atoms with van der Waals surface area (Å²) in [5.41, 5.74) is 0.0436. The Morgan fingerprint density at radius 2 is 1.65 bits per heavy atom. The first-order chi connectivity index (χ1) is 9.49. The lowest BCUT2D eigenvalue weighted by Crippen LogP contribution is -2.12. The molecule has 0 amide bonds. The topological polar surface area (TPSA) is 0 Å². The van der Waals surface area contributed by atoms with Crippen molar-refractivity contribution in [3.8, 4) is 11.8 Å². The van der Waals surface area contributed by atoms with Crippen molar-refractivity contribution in [3.05, 3.63) is 35.4 Å². The van der Waals surface area contributed by atoms with Crippen LogP contribution in [0.3, 0.4) is 0 Å². The molecule has 0 unspecified atom stereocenters. The van der Waals surface area contributed by atoms with Gasteiger partial charge in [0.05, 0.1) is 5.56 Å². The minimum absolute atomic E-state index is 0.403. The van der Waals surface area contributed by atoms with Crippen molar-refractivity contribution in [1.29, 1.82) is 0 Å². The lowest BCUT2D eigenvalue weighted by Gasteiger charge is -2.24. The van der Waals surface area contributed by atoms with Gasteiger partial charge in [0.1, 0.15) is 0 Å². The molecule has 0 saturated heterocycles. The molecule has 1 aromatic rings. The Balaban J connectivity index is 1.96. The normalized spacial score (nSPS) is 23.0. The van der Waals surface area contributed by atoms with Crippen LogP contribution < -0.4 is 0 Å². The van der Waals surface area contributed by atoms with Crippen molar-refractivity contribution in [3.63, 3.8) is 0 Å². The summed E-state index contributed by atoms with van der Waals surface area (Å²) < 4.78 is 37.3. The third-order valence-electron chi connectivity index (χ3n) is 4.06. The Labute approximate surface area is 118 Å². The zero-order valence-electron chi connectivity index (χ0n) is 11.6. The van der Waals surface area contributed by atoms with Crippen molar-refractivity contribution < 1.29 is 13.2 Å². The minimum Gasteiger partial charge on any atom is -0.166 e. The summed E-state index contributed by atoms with van der Waals surface area (Å²) in [5, 5.41) is 0. The highest BCUT2D eigenvalue weighted by Crippen LogP contribution is 2.30. The van der Waals surface area contributed by atoms with Gasteiger partial charge in [0.25, 0.3) is 0 Å². The van der Waals surface area contributed by atoms with E-state index in [4.69, 9.17) is 0 Å². The molecule has 0 aromatic heterocycles. The molecule has 0 aliphatic heterocycles. The summed E-state index contributed by atoms with van der Waals surface area (Å²) in [6, 6.07) is 5.09. The maximum Gasteiger partial charge on any atom is 0.416 e. The third kappa shape index (κ3) is 4.03. The summed E-state index contributed by atoms with van der Waals surface area (Å²) in [6.07, 6.45) is 1.65. The van der Waals surface area contributed by atoms with Gasteiger partial charge in [-0.2, -0.15) is 13.2 Å². The molecule has 0 heterocycles. The predicted octanol–water partition coefficient (Wildman–Crippen LogP) is 5.27. The maximum absolute atomic E-state index is 12.4. The molecular formula is C17H19F3. The highest BCUT2D eigenvalue weighted by Gasteiger charge is 2.29. The van der Waals surface area contributed by atoms with E-state index in [0.29, 0.717) is 11.5 Å². The molecule has 108 valence electrons. The Kier molecular flexibility index (Phi) is 4.75. The van der Waals surface area contributed by atoms with Crippen molar-refractivity contribution >= 4 is 0 Å². The molecule has 0 bridgehead atoms. The molecule has 1 fully saturated rings. The van der Waals surface area contributed by atoms with E-state index in [-0.39, 0.29) is 0 Å². The Hall–Kier alpha value is -1.43. The van der Waals surface area contributed by atoms with Gasteiger partial charge in [-0.25, -0.2) is 0 Å². The number of rotatable bonds is 1.